The third-order valence-corrected chi connectivity index (χ3v) is 7.00. The number of carbonyl (C=O) groups is 2. The lowest BCUT2D eigenvalue weighted by Crippen LogP contribution is -2.46. The van der Waals surface area contributed by atoms with E-state index in [-0.39, 0.29) is 19.1 Å². The van der Waals surface area contributed by atoms with Crippen molar-refractivity contribution in [2.24, 2.45) is 0 Å². The van der Waals surface area contributed by atoms with Crippen molar-refractivity contribution in [2.75, 3.05) is 13.2 Å². The van der Waals surface area contributed by atoms with E-state index >= 15 is 0 Å². The summed E-state index contributed by atoms with van der Waals surface area (Å²) in [4.78, 5) is 28.1. The van der Waals surface area contributed by atoms with E-state index in [0.29, 0.717) is 6.42 Å². The van der Waals surface area contributed by atoms with Crippen molar-refractivity contribution in [3.63, 3.8) is 0 Å². The number of aliphatic hydroxyl groups is 1. The lowest BCUT2D eigenvalue weighted by atomic mass is 9.80. The van der Waals surface area contributed by atoms with Crippen LogP contribution in [0.15, 0.2) is 23.6 Å². The summed E-state index contributed by atoms with van der Waals surface area (Å²) < 4.78 is 5.85. The third kappa shape index (κ3) is 3.32. The molecule has 0 saturated carbocycles. The van der Waals surface area contributed by atoms with E-state index in [1.54, 1.807) is 11.3 Å². The van der Waals surface area contributed by atoms with Gasteiger partial charge in [0.25, 0.3) is 5.91 Å². The van der Waals surface area contributed by atoms with E-state index in [1.807, 2.05) is 44.4 Å². The first-order valence-electron chi connectivity index (χ1n) is 9.92. The number of ether oxygens (including phenoxy) is 1. The molecule has 1 saturated heterocycles. The first-order chi connectivity index (χ1) is 13.8. The van der Waals surface area contributed by atoms with E-state index in [1.165, 1.54) is 0 Å². The molecule has 29 heavy (non-hydrogen) atoms. The summed E-state index contributed by atoms with van der Waals surface area (Å²) in [6, 6.07) is 5.50. The molecule has 2 heterocycles. The molecule has 2 aromatic rings. The molecule has 0 bridgehead atoms. The molecule has 2 atom stereocenters. The predicted molar refractivity (Wildman–Crippen MR) is 111 cm³/mol. The zero-order valence-corrected chi connectivity index (χ0v) is 17.8. The maximum Gasteiger partial charge on any atom is 0.325 e. The van der Waals surface area contributed by atoms with Gasteiger partial charge in [-0.2, -0.15) is 0 Å². The number of rotatable bonds is 5. The highest BCUT2D eigenvalue weighted by atomic mass is 32.1. The number of nitrogens with one attached hydrogen (secondary N) is 1. The number of urea groups is 1. The summed E-state index contributed by atoms with van der Waals surface area (Å²) in [6.45, 7) is 5.87. The Morgan fingerprint density at radius 1 is 1.24 bits per heavy atom. The molecule has 1 aromatic heterocycles. The number of thiophene rings is 1. The van der Waals surface area contributed by atoms with Crippen LogP contribution in [0.2, 0.25) is 0 Å². The standard InChI is InChI=1S/C22H26N2O4S/c1-13-6-7-14(2)19(15(13)3)28-12-16(25)11-24-20(26)22(23-21(24)27)9-4-5-18-17(22)8-10-29-18/h6-8,10,16,25H,4-5,9,11-12H2,1-3H3,(H,23,27)/t16-,22+/m1/s1. The Kier molecular flexibility index (Phi) is 5.12. The molecule has 4 rings (SSSR count). The van der Waals surface area contributed by atoms with Gasteiger partial charge in [-0.05, 0) is 68.2 Å². The summed E-state index contributed by atoms with van der Waals surface area (Å²) in [5.74, 6) is 0.469. The Hall–Kier alpha value is -2.38. The van der Waals surface area contributed by atoms with Crippen LogP contribution < -0.4 is 10.1 Å². The summed E-state index contributed by atoms with van der Waals surface area (Å²) in [7, 11) is 0. The average molecular weight is 415 g/mol. The van der Waals surface area contributed by atoms with Gasteiger partial charge in [0.15, 0.2) is 0 Å². The minimum atomic E-state index is -0.977. The number of imide groups is 1. The van der Waals surface area contributed by atoms with E-state index < -0.39 is 17.7 Å². The van der Waals surface area contributed by atoms with Crippen molar-refractivity contribution in [1.82, 2.24) is 10.2 Å². The Morgan fingerprint density at radius 3 is 2.79 bits per heavy atom. The fourth-order valence-corrected chi connectivity index (χ4v) is 5.30. The van der Waals surface area contributed by atoms with Crippen LogP contribution in [0.4, 0.5) is 4.79 Å². The number of hydrogen-bond donors (Lipinski definition) is 2. The second kappa shape index (κ2) is 7.46. The van der Waals surface area contributed by atoms with Gasteiger partial charge >= 0.3 is 6.03 Å². The topological polar surface area (TPSA) is 78.9 Å². The zero-order valence-electron chi connectivity index (χ0n) is 16.9. The number of hydrogen-bond acceptors (Lipinski definition) is 5. The lowest BCUT2D eigenvalue weighted by molar-refractivity contribution is -0.133. The highest BCUT2D eigenvalue weighted by Crippen LogP contribution is 2.42. The maximum absolute atomic E-state index is 13.2. The minimum absolute atomic E-state index is 0.0128. The van der Waals surface area contributed by atoms with Crippen LogP contribution in [0.25, 0.3) is 0 Å². The largest absolute Gasteiger partial charge is 0.490 e. The SMILES string of the molecule is Cc1ccc(C)c(OC[C@H](O)CN2C(=O)N[C@]3(CCCc4sccc43)C2=O)c1C. The number of β-amino-alcohol motifs (C(OH)–C–C–N with tert-alkyl or cyclic N) is 1. The fourth-order valence-electron chi connectivity index (χ4n) is 4.30. The molecular formula is C22H26N2O4S. The van der Waals surface area contributed by atoms with Gasteiger partial charge in [-0.3, -0.25) is 9.69 Å². The summed E-state index contributed by atoms with van der Waals surface area (Å²) in [5, 5.41) is 15.4. The van der Waals surface area contributed by atoms with E-state index in [9.17, 15) is 14.7 Å². The Morgan fingerprint density at radius 2 is 2.00 bits per heavy atom. The molecule has 1 aliphatic carbocycles. The van der Waals surface area contributed by atoms with E-state index in [2.05, 4.69) is 5.32 Å². The van der Waals surface area contributed by atoms with Crippen molar-refractivity contribution in [1.29, 1.82) is 0 Å². The molecule has 1 fully saturated rings. The van der Waals surface area contributed by atoms with Gasteiger partial charge in [-0.1, -0.05) is 12.1 Å². The van der Waals surface area contributed by atoms with Gasteiger partial charge in [0, 0.05) is 10.4 Å². The van der Waals surface area contributed by atoms with Crippen LogP contribution in [-0.4, -0.2) is 41.2 Å². The Bertz CT molecular complexity index is 970. The molecule has 154 valence electrons. The van der Waals surface area contributed by atoms with E-state index in [4.69, 9.17) is 4.74 Å². The maximum atomic E-state index is 13.2. The third-order valence-electron chi connectivity index (χ3n) is 6.02. The number of fused-ring (bicyclic) bond motifs is 2. The van der Waals surface area contributed by atoms with Gasteiger partial charge in [-0.15, -0.1) is 11.3 Å². The molecule has 2 N–H and O–H groups in total. The van der Waals surface area contributed by atoms with Crippen LogP contribution in [0.1, 0.15) is 40.0 Å². The second-order valence-corrected chi connectivity index (χ2v) is 8.98. The van der Waals surface area contributed by atoms with Crippen LogP contribution in [0, 0.1) is 20.8 Å². The first-order valence-corrected chi connectivity index (χ1v) is 10.8. The van der Waals surface area contributed by atoms with Gasteiger partial charge in [0.2, 0.25) is 0 Å². The molecule has 1 aromatic carbocycles. The van der Waals surface area contributed by atoms with Crippen LogP contribution in [-0.2, 0) is 16.8 Å². The van der Waals surface area contributed by atoms with Crippen LogP contribution in [0.3, 0.4) is 0 Å². The second-order valence-electron chi connectivity index (χ2n) is 7.98. The molecule has 1 aliphatic heterocycles. The quantitative estimate of drug-likeness (QED) is 0.737. The van der Waals surface area contributed by atoms with Gasteiger partial charge in [0.05, 0.1) is 6.54 Å². The normalized spacial score (nSPS) is 22.0. The number of carbonyl (C=O) groups excluding carboxylic acids is 2. The minimum Gasteiger partial charge on any atom is -0.490 e. The number of benzene rings is 1. The summed E-state index contributed by atoms with van der Waals surface area (Å²) in [6.07, 6.45) is 1.41. The van der Waals surface area contributed by atoms with Crippen LogP contribution in [0.5, 0.6) is 5.75 Å². The molecule has 7 heteroatoms. The lowest BCUT2D eigenvalue weighted by Gasteiger charge is -2.31. The Labute approximate surface area is 174 Å². The smallest absolute Gasteiger partial charge is 0.325 e. The molecule has 0 unspecified atom stereocenters. The summed E-state index contributed by atoms with van der Waals surface area (Å²) in [5.41, 5.74) is 3.06. The van der Waals surface area contributed by atoms with Crippen molar-refractivity contribution < 1.29 is 19.4 Å². The predicted octanol–water partition coefficient (Wildman–Crippen LogP) is 3.20. The van der Waals surface area contributed by atoms with Gasteiger partial charge < -0.3 is 15.2 Å². The first kappa shape index (κ1) is 19.9. The fraction of sp³-hybridized carbons (Fsp3) is 0.455. The number of amides is 3. The Balaban J connectivity index is 1.46. The van der Waals surface area contributed by atoms with Crippen molar-refractivity contribution in [3.05, 3.63) is 50.7 Å². The van der Waals surface area contributed by atoms with Crippen molar-refractivity contribution in [3.8, 4) is 5.75 Å². The van der Waals surface area contributed by atoms with Crippen LogP contribution >= 0.6 is 11.3 Å². The molecule has 3 amide bonds. The molecule has 0 radical (unpaired) electrons. The average Bonchev–Trinajstić information content (AvgIpc) is 3.26. The number of nitrogens with zero attached hydrogens (tertiary/aromatic N) is 1. The number of aliphatic hydroxyl groups excluding tert-OH is 1. The van der Waals surface area contributed by atoms with Crippen molar-refractivity contribution >= 4 is 23.3 Å². The monoisotopic (exact) mass is 414 g/mol. The highest BCUT2D eigenvalue weighted by Gasteiger charge is 2.54. The molecular weight excluding hydrogens is 388 g/mol. The molecule has 2 aliphatic rings. The van der Waals surface area contributed by atoms with Crippen molar-refractivity contribution in [2.45, 2.75) is 51.7 Å². The highest BCUT2D eigenvalue weighted by molar-refractivity contribution is 7.10. The van der Waals surface area contributed by atoms with Gasteiger partial charge in [-0.25, -0.2) is 4.79 Å². The summed E-state index contributed by atoms with van der Waals surface area (Å²) >= 11 is 1.62. The van der Waals surface area contributed by atoms with Gasteiger partial charge in [0.1, 0.15) is 24.0 Å². The molecule has 6 nitrogen and oxygen atoms in total. The zero-order chi connectivity index (χ0) is 20.8. The van der Waals surface area contributed by atoms with E-state index in [0.717, 1.165) is 50.6 Å². The molecule has 1 spiro atoms. The number of aryl methyl sites for hydroxylation is 3.